The average molecular weight is 430 g/mol. The van der Waals surface area contributed by atoms with Crippen molar-refractivity contribution in [3.8, 4) is 11.3 Å². The normalized spacial score (nSPS) is 10.7. The molecular weight excluding hydrogens is 419 g/mol. The highest BCUT2D eigenvalue weighted by Gasteiger charge is 2.10. The number of nitrogens with zero attached hydrogens (tertiary/aromatic N) is 1. The van der Waals surface area contributed by atoms with E-state index in [1.165, 1.54) is 23.1 Å². The van der Waals surface area contributed by atoms with Crippen LogP contribution in [-0.4, -0.2) is 16.6 Å². The number of halogens is 3. The van der Waals surface area contributed by atoms with Gasteiger partial charge in [0.25, 0.3) is 0 Å². The highest BCUT2D eigenvalue weighted by atomic mass is 35.5. The monoisotopic (exact) mass is 428 g/mol. The molecule has 0 saturated heterocycles. The fourth-order valence-corrected chi connectivity index (χ4v) is 4.08. The Morgan fingerprint density at radius 3 is 2.56 bits per heavy atom. The van der Waals surface area contributed by atoms with Crippen molar-refractivity contribution in [2.45, 2.75) is 4.34 Å². The number of aromatic nitrogens is 1. The lowest BCUT2D eigenvalue weighted by atomic mass is 10.2. The minimum atomic E-state index is -0.169. The maximum atomic E-state index is 12.1. The number of thioether (sulfide) groups is 1. The average Bonchev–Trinajstić information content (AvgIpc) is 3.06. The van der Waals surface area contributed by atoms with Crippen molar-refractivity contribution in [1.29, 1.82) is 0 Å². The molecule has 25 heavy (non-hydrogen) atoms. The highest BCUT2D eigenvalue weighted by molar-refractivity contribution is 8.01. The van der Waals surface area contributed by atoms with Crippen LogP contribution in [0.5, 0.6) is 0 Å². The first-order chi connectivity index (χ1) is 12.0. The van der Waals surface area contributed by atoms with Gasteiger partial charge in [-0.05, 0) is 30.3 Å². The first kappa shape index (κ1) is 18.5. The number of thiazole rings is 1. The lowest BCUT2D eigenvalue weighted by Crippen LogP contribution is -2.14. The highest BCUT2D eigenvalue weighted by Crippen LogP contribution is 2.30. The quantitative estimate of drug-likeness (QED) is 0.471. The lowest BCUT2D eigenvalue weighted by molar-refractivity contribution is -0.113. The van der Waals surface area contributed by atoms with E-state index in [9.17, 15) is 4.79 Å². The minimum absolute atomic E-state index is 0.169. The van der Waals surface area contributed by atoms with Crippen LogP contribution in [-0.2, 0) is 4.79 Å². The standard InChI is InChI=1S/C17H11Cl3N2OS2/c18-11-3-1-10(2-4-11)15-8-24-17(22-15)25-9-16(23)21-14-7-12(19)5-6-13(14)20/h1-8H,9H2,(H,21,23). The van der Waals surface area contributed by atoms with Crippen LogP contribution in [0.2, 0.25) is 15.1 Å². The molecule has 0 bridgehead atoms. The van der Waals surface area contributed by atoms with E-state index < -0.39 is 0 Å². The number of amides is 1. The van der Waals surface area contributed by atoms with E-state index in [0.717, 1.165) is 15.6 Å². The minimum Gasteiger partial charge on any atom is -0.324 e. The molecule has 1 amide bonds. The second-order valence-corrected chi connectivity index (χ2v) is 8.33. The van der Waals surface area contributed by atoms with E-state index in [1.807, 2.05) is 29.6 Å². The van der Waals surface area contributed by atoms with E-state index >= 15 is 0 Å². The van der Waals surface area contributed by atoms with Gasteiger partial charge in [0, 0.05) is 21.0 Å². The van der Waals surface area contributed by atoms with E-state index in [4.69, 9.17) is 34.8 Å². The molecule has 8 heteroatoms. The Bertz CT molecular complexity index is 897. The van der Waals surface area contributed by atoms with E-state index in [0.29, 0.717) is 20.8 Å². The van der Waals surface area contributed by atoms with E-state index in [1.54, 1.807) is 18.2 Å². The van der Waals surface area contributed by atoms with Crippen molar-refractivity contribution < 1.29 is 4.79 Å². The van der Waals surface area contributed by atoms with E-state index in [-0.39, 0.29) is 11.7 Å². The molecule has 0 spiro atoms. The van der Waals surface area contributed by atoms with Crippen molar-refractivity contribution in [2.24, 2.45) is 0 Å². The molecule has 3 nitrogen and oxygen atoms in total. The van der Waals surface area contributed by atoms with Crippen molar-refractivity contribution in [2.75, 3.05) is 11.1 Å². The number of hydrogen-bond donors (Lipinski definition) is 1. The molecule has 128 valence electrons. The van der Waals surface area contributed by atoms with Gasteiger partial charge in [0.1, 0.15) is 0 Å². The van der Waals surface area contributed by atoms with Gasteiger partial charge < -0.3 is 5.32 Å². The molecule has 2 aromatic carbocycles. The smallest absolute Gasteiger partial charge is 0.234 e. The number of rotatable bonds is 5. The predicted molar refractivity (Wildman–Crippen MR) is 108 cm³/mol. The fraction of sp³-hybridized carbons (Fsp3) is 0.0588. The second-order valence-electron chi connectivity index (χ2n) is 4.97. The lowest BCUT2D eigenvalue weighted by Gasteiger charge is -2.06. The predicted octanol–water partition coefficient (Wildman–Crippen LogP) is 6.50. The summed E-state index contributed by atoms with van der Waals surface area (Å²) in [6, 6.07) is 12.4. The van der Waals surface area contributed by atoms with Gasteiger partial charge in [-0.15, -0.1) is 11.3 Å². The molecule has 0 atom stereocenters. The SMILES string of the molecule is O=C(CSc1nc(-c2ccc(Cl)cc2)cs1)Nc1cc(Cl)ccc1Cl. The summed E-state index contributed by atoms with van der Waals surface area (Å²) in [5, 5.41) is 6.35. The molecule has 0 fully saturated rings. The summed E-state index contributed by atoms with van der Waals surface area (Å²) in [4.78, 5) is 16.6. The molecule has 3 rings (SSSR count). The third-order valence-corrected chi connectivity index (χ3v) is 5.99. The summed E-state index contributed by atoms with van der Waals surface area (Å²) in [7, 11) is 0. The zero-order valence-electron chi connectivity index (χ0n) is 12.6. The summed E-state index contributed by atoms with van der Waals surface area (Å²) in [6.07, 6.45) is 0. The zero-order chi connectivity index (χ0) is 17.8. The summed E-state index contributed by atoms with van der Waals surface area (Å²) in [6.45, 7) is 0. The second kappa shape index (κ2) is 8.43. The Labute approximate surface area is 168 Å². The van der Waals surface area contributed by atoms with Crippen LogP contribution in [0.15, 0.2) is 52.2 Å². The molecule has 0 radical (unpaired) electrons. The van der Waals surface area contributed by atoms with Crippen molar-refractivity contribution in [3.05, 3.63) is 62.9 Å². The van der Waals surface area contributed by atoms with Gasteiger partial charge in [0.2, 0.25) is 5.91 Å². The first-order valence-corrected chi connectivity index (χ1v) is 10.1. The molecule has 0 aliphatic rings. The van der Waals surface area contributed by atoms with Crippen molar-refractivity contribution in [3.63, 3.8) is 0 Å². The van der Waals surface area contributed by atoms with Crippen LogP contribution in [0.25, 0.3) is 11.3 Å². The summed E-state index contributed by atoms with van der Waals surface area (Å²) >= 11 is 20.7. The number of benzene rings is 2. The molecule has 0 aliphatic carbocycles. The third kappa shape index (κ3) is 5.12. The number of nitrogens with one attached hydrogen (secondary N) is 1. The molecule has 1 heterocycles. The Kier molecular flexibility index (Phi) is 6.25. The van der Waals surface area contributed by atoms with Gasteiger partial charge in [-0.2, -0.15) is 0 Å². The van der Waals surface area contributed by atoms with Crippen LogP contribution in [0, 0.1) is 0 Å². The summed E-state index contributed by atoms with van der Waals surface area (Å²) in [5.41, 5.74) is 2.35. The maximum Gasteiger partial charge on any atom is 0.234 e. The molecule has 0 unspecified atom stereocenters. The zero-order valence-corrected chi connectivity index (χ0v) is 16.5. The number of carbonyl (C=O) groups excluding carboxylic acids is 1. The van der Waals surface area contributed by atoms with E-state index in [2.05, 4.69) is 10.3 Å². The topological polar surface area (TPSA) is 42.0 Å². The van der Waals surface area contributed by atoms with Gasteiger partial charge in [-0.25, -0.2) is 4.98 Å². The fourth-order valence-electron chi connectivity index (χ4n) is 1.98. The molecule has 1 N–H and O–H groups in total. The first-order valence-electron chi connectivity index (χ1n) is 7.10. The van der Waals surface area contributed by atoms with Gasteiger partial charge in [0.15, 0.2) is 4.34 Å². The largest absolute Gasteiger partial charge is 0.324 e. The molecule has 1 aromatic heterocycles. The van der Waals surface area contributed by atoms with Crippen LogP contribution >= 0.6 is 57.9 Å². The Morgan fingerprint density at radius 2 is 1.80 bits per heavy atom. The summed E-state index contributed by atoms with van der Waals surface area (Å²) < 4.78 is 0.817. The van der Waals surface area contributed by atoms with Gasteiger partial charge >= 0.3 is 0 Å². The molecular formula is C17H11Cl3N2OS2. The van der Waals surface area contributed by atoms with Crippen LogP contribution in [0.4, 0.5) is 5.69 Å². The number of anilines is 1. The third-order valence-electron chi connectivity index (χ3n) is 3.15. The number of carbonyl (C=O) groups is 1. The van der Waals surface area contributed by atoms with Crippen molar-refractivity contribution >= 4 is 69.5 Å². The van der Waals surface area contributed by atoms with Crippen LogP contribution in [0.3, 0.4) is 0 Å². The molecule has 0 saturated carbocycles. The van der Waals surface area contributed by atoms with Gasteiger partial charge in [-0.3, -0.25) is 4.79 Å². The Morgan fingerprint density at radius 1 is 1.08 bits per heavy atom. The van der Waals surface area contributed by atoms with Gasteiger partial charge in [0.05, 0.1) is 22.2 Å². The Hall–Kier alpha value is -1.24. The molecule has 0 aliphatic heterocycles. The molecule has 3 aromatic rings. The van der Waals surface area contributed by atoms with Crippen LogP contribution in [0.1, 0.15) is 0 Å². The van der Waals surface area contributed by atoms with Gasteiger partial charge in [-0.1, -0.05) is 58.7 Å². The summed E-state index contributed by atoms with van der Waals surface area (Å²) in [5.74, 6) is 0.0635. The maximum absolute atomic E-state index is 12.1. The van der Waals surface area contributed by atoms with Crippen molar-refractivity contribution in [1.82, 2.24) is 4.98 Å². The van der Waals surface area contributed by atoms with Crippen LogP contribution < -0.4 is 5.32 Å². The number of hydrogen-bond acceptors (Lipinski definition) is 4. The Balaban J connectivity index is 1.59.